The first-order valence-electron chi connectivity index (χ1n) is 16.5. The van der Waals surface area contributed by atoms with E-state index in [2.05, 4.69) is 59.7 Å². The molecule has 9 heteroatoms. The lowest BCUT2D eigenvalue weighted by atomic mass is 9.99. The molecule has 48 heavy (non-hydrogen) atoms. The highest BCUT2D eigenvalue weighted by molar-refractivity contribution is 5.76. The Hall–Kier alpha value is -4.38. The number of carbonyl (C=O) groups is 2. The molecule has 0 aliphatic carbocycles. The molecule has 9 nitrogen and oxygen atoms in total. The number of ether oxygens (including phenoxy) is 2. The van der Waals surface area contributed by atoms with Crippen molar-refractivity contribution in [3.63, 3.8) is 0 Å². The zero-order chi connectivity index (χ0) is 33.7. The highest BCUT2D eigenvalue weighted by atomic mass is 16.7. The molecule has 1 aliphatic heterocycles. The van der Waals surface area contributed by atoms with Gasteiger partial charge >= 0.3 is 0 Å². The molecule has 0 bridgehead atoms. The van der Waals surface area contributed by atoms with Gasteiger partial charge in [0.05, 0.1) is 18.8 Å². The van der Waals surface area contributed by atoms with Crippen LogP contribution in [0.5, 0.6) is 0 Å². The summed E-state index contributed by atoms with van der Waals surface area (Å²) < 4.78 is 13.1. The number of rotatable bonds is 15. The van der Waals surface area contributed by atoms with Gasteiger partial charge in [0.15, 0.2) is 6.29 Å². The number of amides is 2. The Kier molecular flexibility index (Phi) is 12.9. The number of aliphatic hydroxyl groups excluding tert-OH is 1. The van der Waals surface area contributed by atoms with Gasteiger partial charge in [-0.05, 0) is 59.3 Å². The third-order valence-electron chi connectivity index (χ3n) is 8.54. The number of aliphatic hydroxyl groups is 1. The van der Waals surface area contributed by atoms with Gasteiger partial charge in [0.1, 0.15) is 0 Å². The second-order valence-electron chi connectivity index (χ2n) is 12.4. The average molecular weight is 652 g/mol. The summed E-state index contributed by atoms with van der Waals surface area (Å²) in [7, 11) is 2.11. The Morgan fingerprint density at radius 3 is 2.17 bits per heavy atom. The van der Waals surface area contributed by atoms with E-state index < -0.39 is 12.2 Å². The molecule has 3 atom stereocenters. The number of carbonyl (C=O) groups excluding carboxylic acids is 2. The monoisotopic (exact) mass is 651 g/mol. The second kappa shape index (κ2) is 17.7. The molecule has 1 fully saturated rings. The summed E-state index contributed by atoms with van der Waals surface area (Å²) in [6.45, 7) is 1.99. The maximum Gasteiger partial charge on any atom is 0.243 e. The van der Waals surface area contributed by atoms with Crippen LogP contribution < -0.4 is 10.8 Å². The molecule has 252 valence electrons. The van der Waals surface area contributed by atoms with Crippen molar-refractivity contribution in [2.24, 2.45) is 0 Å². The number of hydroxylamine groups is 1. The highest BCUT2D eigenvalue weighted by Gasteiger charge is 2.32. The first kappa shape index (κ1) is 34.9. The Labute approximate surface area is 282 Å². The summed E-state index contributed by atoms with van der Waals surface area (Å²) >= 11 is 0. The average Bonchev–Trinajstić information content (AvgIpc) is 3.13. The van der Waals surface area contributed by atoms with E-state index in [0.717, 1.165) is 52.9 Å². The largest absolute Gasteiger partial charge is 0.392 e. The Morgan fingerprint density at radius 1 is 0.771 bits per heavy atom. The second-order valence-corrected chi connectivity index (χ2v) is 12.4. The molecular formula is C39H45N3O6. The topological polar surface area (TPSA) is 120 Å². The standard InChI is InChI=1S/C39H45N3O6/c1-42(25-28-8-3-2-4-9-28)26-35-23-36(32-16-14-29(27-43)15-17-32)48-39(47-35)33-20-18-31(19-21-33)34-11-7-10-30(22-34)24-40-37(44)12-5-6-13-38(45)41-46/h2-4,7-11,14-22,35-36,39,43,46H,5-6,12-13,23-27H2,1H3,(H,40,44)(H,41,45). The minimum Gasteiger partial charge on any atom is -0.392 e. The lowest BCUT2D eigenvalue weighted by molar-refractivity contribution is -0.252. The fraction of sp³-hybridized carbons (Fsp3) is 0.333. The minimum absolute atomic E-state index is 0.00336. The summed E-state index contributed by atoms with van der Waals surface area (Å²) in [6.07, 6.45) is 1.60. The van der Waals surface area contributed by atoms with E-state index in [-0.39, 0.29) is 31.1 Å². The van der Waals surface area contributed by atoms with Crippen molar-refractivity contribution in [2.75, 3.05) is 13.6 Å². The molecule has 1 heterocycles. The fourth-order valence-electron chi connectivity index (χ4n) is 5.95. The summed E-state index contributed by atoms with van der Waals surface area (Å²) in [4.78, 5) is 25.7. The van der Waals surface area contributed by atoms with Gasteiger partial charge in [0.2, 0.25) is 11.8 Å². The molecule has 0 saturated carbocycles. The van der Waals surface area contributed by atoms with E-state index in [1.54, 1.807) is 5.48 Å². The molecule has 4 aromatic carbocycles. The number of nitrogens with zero attached hydrogens (tertiary/aromatic N) is 1. The molecule has 0 aromatic heterocycles. The molecule has 0 radical (unpaired) electrons. The summed E-state index contributed by atoms with van der Waals surface area (Å²) in [5.41, 5.74) is 8.79. The van der Waals surface area contributed by atoms with Gasteiger partial charge in [-0.15, -0.1) is 0 Å². The smallest absolute Gasteiger partial charge is 0.243 e. The number of likely N-dealkylation sites (N-methyl/N-ethyl adjacent to an activating group) is 1. The minimum atomic E-state index is -0.537. The highest BCUT2D eigenvalue weighted by Crippen LogP contribution is 2.38. The lowest BCUT2D eigenvalue weighted by Crippen LogP contribution is -2.37. The Balaban J connectivity index is 1.23. The van der Waals surface area contributed by atoms with E-state index in [9.17, 15) is 14.7 Å². The number of unbranched alkanes of at least 4 members (excludes halogenated alkanes) is 1. The quantitative estimate of drug-likeness (QED) is 0.0686. The molecule has 1 saturated heterocycles. The van der Waals surface area contributed by atoms with E-state index >= 15 is 0 Å². The van der Waals surface area contributed by atoms with Crippen LogP contribution in [0.1, 0.15) is 72.3 Å². The van der Waals surface area contributed by atoms with Gasteiger partial charge in [-0.3, -0.25) is 19.7 Å². The normalized spacial score (nSPS) is 17.6. The van der Waals surface area contributed by atoms with Crippen LogP contribution in [0.4, 0.5) is 0 Å². The van der Waals surface area contributed by atoms with Crippen molar-refractivity contribution in [1.29, 1.82) is 0 Å². The SMILES string of the molecule is CN(Cc1ccccc1)CC1CC(c2ccc(CO)cc2)OC(c2ccc(-c3cccc(CNC(=O)CCCCC(=O)NO)c3)cc2)O1. The summed E-state index contributed by atoms with van der Waals surface area (Å²) in [5.74, 6) is -0.520. The van der Waals surface area contributed by atoms with Gasteiger partial charge in [0, 0.05) is 44.5 Å². The zero-order valence-corrected chi connectivity index (χ0v) is 27.4. The first-order chi connectivity index (χ1) is 23.4. The van der Waals surface area contributed by atoms with Crippen molar-refractivity contribution in [3.05, 3.63) is 131 Å². The van der Waals surface area contributed by atoms with Crippen LogP contribution in [0.15, 0.2) is 103 Å². The number of nitrogens with one attached hydrogen (secondary N) is 2. The van der Waals surface area contributed by atoms with Gasteiger partial charge in [-0.1, -0.05) is 97.1 Å². The van der Waals surface area contributed by atoms with E-state index in [1.165, 1.54) is 5.56 Å². The first-order valence-corrected chi connectivity index (χ1v) is 16.5. The van der Waals surface area contributed by atoms with E-state index in [1.807, 2.05) is 60.7 Å². The molecular weight excluding hydrogens is 606 g/mol. The molecule has 1 aliphatic rings. The summed E-state index contributed by atoms with van der Waals surface area (Å²) in [6, 6.07) is 34.7. The fourth-order valence-corrected chi connectivity index (χ4v) is 5.95. The lowest BCUT2D eigenvalue weighted by Gasteiger charge is -2.38. The summed E-state index contributed by atoms with van der Waals surface area (Å²) in [5, 5.41) is 21.0. The van der Waals surface area contributed by atoms with Crippen LogP contribution in [-0.2, 0) is 38.8 Å². The predicted molar refractivity (Wildman–Crippen MR) is 183 cm³/mol. The van der Waals surface area contributed by atoms with Crippen molar-refractivity contribution in [1.82, 2.24) is 15.7 Å². The van der Waals surface area contributed by atoms with Crippen LogP contribution in [0, 0.1) is 0 Å². The van der Waals surface area contributed by atoms with Crippen LogP contribution in [0.2, 0.25) is 0 Å². The van der Waals surface area contributed by atoms with Crippen LogP contribution in [-0.4, -0.2) is 46.7 Å². The van der Waals surface area contributed by atoms with E-state index in [0.29, 0.717) is 25.8 Å². The van der Waals surface area contributed by atoms with Crippen molar-refractivity contribution in [3.8, 4) is 11.1 Å². The number of hydrogen-bond acceptors (Lipinski definition) is 7. The Bertz CT molecular complexity index is 1600. The maximum atomic E-state index is 12.3. The van der Waals surface area contributed by atoms with Gasteiger partial charge < -0.3 is 19.9 Å². The van der Waals surface area contributed by atoms with Gasteiger partial charge in [0.25, 0.3) is 0 Å². The maximum absolute atomic E-state index is 12.3. The number of benzene rings is 4. The molecule has 0 spiro atoms. The molecule has 4 N–H and O–H groups in total. The van der Waals surface area contributed by atoms with Gasteiger partial charge in [-0.25, -0.2) is 5.48 Å². The third-order valence-corrected chi connectivity index (χ3v) is 8.54. The predicted octanol–water partition coefficient (Wildman–Crippen LogP) is 6.21. The van der Waals surface area contributed by atoms with Crippen LogP contribution in [0.25, 0.3) is 11.1 Å². The molecule has 3 unspecified atom stereocenters. The molecule has 2 amide bonds. The van der Waals surface area contributed by atoms with Crippen molar-refractivity contribution < 1.29 is 29.4 Å². The molecule has 4 aromatic rings. The molecule has 5 rings (SSSR count). The van der Waals surface area contributed by atoms with Crippen molar-refractivity contribution >= 4 is 11.8 Å². The third kappa shape index (κ3) is 10.3. The number of hydrogen-bond donors (Lipinski definition) is 4. The Morgan fingerprint density at radius 2 is 1.46 bits per heavy atom. The zero-order valence-electron chi connectivity index (χ0n) is 27.4. The van der Waals surface area contributed by atoms with Crippen LogP contribution >= 0.6 is 0 Å². The van der Waals surface area contributed by atoms with Gasteiger partial charge in [-0.2, -0.15) is 0 Å². The van der Waals surface area contributed by atoms with Crippen molar-refractivity contribution in [2.45, 2.75) is 70.3 Å². The van der Waals surface area contributed by atoms with E-state index in [4.69, 9.17) is 14.7 Å². The van der Waals surface area contributed by atoms with Crippen LogP contribution in [0.3, 0.4) is 0 Å².